The average molecular weight is 357 g/mol. The molecule has 0 heterocycles. The second-order valence-corrected chi connectivity index (χ2v) is 6.40. The van der Waals surface area contributed by atoms with Crippen molar-refractivity contribution >= 4 is 15.9 Å². The summed E-state index contributed by atoms with van der Waals surface area (Å²) in [6.45, 7) is 14.2. The minimum absolute atomic E-state index is 0.506. The molecule has 0 aliphatic carbocycles. The molecule has 0 unspecified atom stereocenters. The van der Waals surface area contributed by atoms with E-state index in [1.807, 2.05) is 0 Å². The van der Waals surface area contributed by atoms with Gasteiger partial charge in [-0.05, 0) is 30.3 Å². The van der Waals surface area contributed by atoms with Crippen molar-refractivity contribution < 1.29 is 4.74 Å². The van der Waals surface area contributed by atoms with Crippen LogP contribution >= 0.6 is 15.9 Å². The van der Waals surface area contributed by atoms with Gasteiger partial charge in [-0.2, -0.15) is 0 Å². The molecule has 1 aromatic carbocycles. The van der Waals surface area contributed by atoms with Crippen molar-refractivity contribution in [1.29, 1.82) is 0 Å². The van der Waals surface area contributed by atoms with Gasteiger partial charge in [0.15, 0.2) is 0 Å². The molecule has 0 aliphatic heterocycles. The first-order valence-corrected chi connectivity index (χ1v) is 8.66. The highest BCUT2D eigenvalue weighted by atomic mass is 79.9. The second-order valence-electron chi connectivity index (χ2n) is 5.54. The Morgan fingerprint density at radius 3 is 2.52 bits per heavy atom. The lowest BCUT2D eigenvalue weighted by atomic mass is 10.1. The molecule has 0 radical (unpaired) electrons. The third kappa shape index (κ3) is 7.41. The number of likely N-dealkylation sites (N-methyl/N-ethyl adjacent to an activating group) is 1. The summed E-state index contributed by atoms with van der Waals surface area (Å²) in [6.07, 6.45) is 0. The van der Waals surface area contributed by atoms with Gasteiger partial charge in [-0.3, -0.25) is 0 Å². The molecule has 21 heavy (non-hydrogen) atoms. The highest BCUT2D eigenvalue weighted by molar-refractivity contribution is 9.10. The molecule has 0 aliphatic rings. The standard InChI is InChI=1S/C17H29BrN2O/c1-5-20(6-2)9-10-21-13-16-8-7-15(11-17(16)18)12-19-14(3)4/h7-8,11,14,19H,5-6,9-10,12-13H2,1-4H3. The second kappa shape index (κ2) is 10.3. The molecule has 0 bridgehead atoms. The van der Waals surface area contributed by atoms with E-state index in [0.29, 0.717) is 12.6 Å². The van der Waals surface area contributed by atoms with Crippen molar-refractivity contribution in [3.63, 3.8) is 0 Å². The number of benzene rings is 1. The number of halogens is 1. The van der Waals surface area contributed by atoms with Crippen LogP contribution in [0.15, 0.2) is 22.7 Å². The zero-order valence-electron chi connectivity index (χ0n) is 13.8. The van der Waals surface area contributed by atoms with E-state index in [1.54, 1.807) is 0 Å². The Morgan fingerprint density at radius 2 is 1.95 bits per heavy atom. The van der Waals surface area contributed by atoms with Crippen LogP contribution in [0.2, 0.25) is 0 Å². The first kappa shape index (κ1) is 18.6. The van der Waals surface area contributed by atoms with Gasteiger partial charge in [-0.1, -0.05) is 55.8 Å². The number of hydrogen-bond acceptors (Lipinski definition) is 3. The van der Waals surface area contributed by atoms with Crippen molar-refractivity contribution in [3.05, 3.63) is 33.8 Å². The van der Waals surface area contributed by atoms with Crippen LogP contribution in [-0.4, -0.2) is 37.2 Å². The molecule has 4 heteroatoms. The van der Waals surface area contributed by atoms with Crippen LogP contribution < -0.4 is 5.32 Å². The van der Waals surface area contributed by atoms with Crippen molar-refractivity contribution in [3.8, 4) is 0 Å². The maximum absolute atomic E-state index is 5.79. The SMILES string of the molecule is CCN(CC)CCOCc1ccc(CNC(C)C)cc1Br. The molecular weight excluding hydrogens is 328 g/mol. The fourth-order valence-electron chi connectivity index (χ4n) is 2.06. The minimum Gasteiger partial charge on any atom is -0.375 e. The largest absolute Gasteiger partial charge is 0.375 e. The van der Waals surface area contributed by atoms with Gasteiger partial charge in [0.05, 0.1) is 13.2 Å². The molecule has 3 nitrogen and oxygen atoms in total. The van der Waals surface area contributed by atoms with E-state index in [1.165, 1.54) is 11.1 Å². The lowest BCUT2D eigenvalue weighted by Crippen LogP contribution is -2.27. The van der Waals surface area contributed by atoms with E-state index >= 15 is 0 Å². The van der Waals surface area contributed by atoms with E-state index < -0.39 is 0 Å². The lowest BCUT2D eigenvalue weighted by Gasteiger charge is -2.17. The molecular formula is C17H29BrN2O. The molecule has 1 N–H and O–H groups in total. The van der Waals surface area contributed by atoms with Crippen LogP contribution in [-0.2, 0) is 17.9 Å². The zero-order valence-corrected chi connectivity index (χ0v) is 15.4. The summed E-state index contributed by atoms with van der Waals surface area (Å²) in [5.74, 6) is 0. The topological polar surface area (TPSA) is 24.5 Å². The molecule has 0 fully saturated rings. The van der Waals surface area contributed by atoms with E-state index in [9.17, 15) is 0 Å². The Hall–Kier alpha value is -0.420. The summed E-state index contributed by atoms with van der Waals surface area (Å²) in [6, 6.07) is 7.01. The van der Waals surface area contributed by atoms with Crippen LogP contribution in [0.25, 0.3) is 0 Å². The monoisotopic (exact) mass is 356 g/mol. The Labute approximate surface area is 138 Å². The average Bonchev–Trinajstić information content (AvgIpc) is 2.47. The van der Waals surface area contributed by atoms with E-state index in [4.69, 9.17) is 4.74 Å². The van der Waals surface area contributed by atoms with E-state index in [-0.39, 0.29) is 0 Å². The van der Waals surface area contributed by atoms with Gasteiger partial charge in [0.25, 0.3) is 0 Å². The number of nitrogens with one attached hydrogen (secondary N) is 1. The first-order chi connectivity index (χ1) is 10.1. The fraction of sp³-hybridized carbons (Fsp3) is 0.647. The molecule has 1 rings (SSSR count). The van der Waals surface area contributed by atoms with Gasteiger partial charge in [0.1, 0.15) is 0 Å². The quantitative estimate of drug-likeness (QED) is 0.645. The van der Waals surface area contributed by atoms with Crippen LogP contribution in [0.3, 0.4) is 0 Å². The number of hydrogen-bond donors (Lipinski definition) is 1. The lowest BCUT2D eigenvalue weighted by molar-refractivity contribution is 0.0953. The van der Waals surface area contributed by atoms with Gasteiger partial charge >= 0.3 is 0 Å². The third-order valence-electron chi connectivity index (χ3n) is 3.54. The van der Waals surface area contributed by atoms with Crippen molar-refractivity contribution in [2.45, 2.75) is 46.9 Å². The zero-order chi connectivity index (χ0) is 15.7. The van der Waals surface area contributed by atoms with Gasteiger partial charge in [0.2, 0.25) is 0 Å². The highest BCUT2D eigenvalue weighted by Gasteiger charge is 2.04. The summed E-state index contributed by atoms with van der Waals surface area (Å²) in [5.41, 5.74) is 2.50. The Morgan fingerprint density at radius 1 is 1.24 bits per heavy atom. The molecule has 1 aromatic rings. The highest BCUT2D eigenvalue weighted by Crippen LogP contribution is 2.19. The van der Waals surface area contributed by atoms with Gasteiger partial charge < -0.3 is 15.0 Å². The molecule has 0 amide bonds. The van der Waals surface area contributed by atoms with Crippen molar-refractivity contribution in [2.24, 2.45) is 0 Å². The molecule has 0 atom stereocenters. The summed E-state index contributed by atoms with van der Waals surface area (Å²) < 4.78 is 6.92. The predicted octanol–water partition coefficient (Wildman–Crippen LogP) is 3.81. The Bertz CT molecular complexity index is 406. The fourth-order valence-corrected chi connectivity index (χ4v) is 2.60. The van der Waals surface area contributed by atoms with Gasteiger partial charge in [-0.25, -0.2) is 0 Å². The van der Waals surface area contributed by atoms with Gasteiger partial charge in [-0.15, -0.1) is 0 Å². The van der Waals surface area contributed by atoms with Crippen molar-refractivity contribution in [1.82, 2.24) is 10.2 Å². The van der Waals surface area contributed by atoms with Crippen LogP contribution in [0.5, 0.6) is 0 Å². The molecule has 0 spiro atoms. The maximum Gasteiger partial charge on any atom is 0.0728 e. The summed E-state index contributed by atoms with van der Waals surface area (Å²) in [7, 11) is 0. The van der Waals surface area contributed by atoms with Crippen LogP contribution in [0.1, 0.15) is 38.8 Å². The number of rotatable bonds is 10. The minimum atomic E-state index is 0.506. The van der Waals surface area contributed by atoms with Gasteiger partial charge in [0, 0.05) is 23.6 Å². The molecule has 0 aromatic heterocycles. The van der Waals surface area contributed by atoms with Crippen LogP contribution in [0, 0.1) is 0 Å². The van der Waals surface area contributed by atoms with Crippen LogP contribution in [0.4, 0.5) is 0 Å². The van der Waals surface area contributed by atoms with E-state index in [0.717, 1.165) is 37.3 Å². The third-order valence-corrected chi connectivity index (χ3v) is 4.27. The first-order valence-electron chi connectivity index (χ1n) is 7.87. The predicted molar refractivity (Wildman–Crippen MR) is 93.6 cm³/mol. The summed E-state index contributed by atoms with van der Waals surface area (Å²) >= 11 is 3.64. The molecule has 0 saturated carbocycles. The maximum atomic E-state index is 5.79. The number of nitrogens with zero attached hydrogens (tertiary/aromatic N) is 1. The normalized spacial score (nSPS) is 11.6. The van der Waals surface area contributed by atoms with Crippen molar-refractivity contribution in [2.75, 3.05) is 26.2 Å². The Balaban J connectivity index is 2.38. The smallest absolute Gasteiger partial charge is 0.0728 e. The summed E-state index contributed by atoms with van der Waals surface area (Å²) in [5, 5.41) is 3.43. The summed E-state index contributed by atoms with van der Waals surface area (Å²) in [4.78, 5) is 2.37. The Kier molecular flexibility index (Phi) is 9.16. The number of ether oxygens (including phenoxy) is 1. The molecule has 0 saturated heterocycles. The molecule has 120 valence electrons. The van der Waals surface area contributed by atoms with E-state index in [2.05, 4.69) is 72.0 Å².